The van der Waals surface area contributed by atoms with Gasteiger partial charge >= 0.3 is 0 Å². The summed E-state index contributed by atoms with van der Waals surface area (Å²) >= 11 is 1.53. The molecule has 1 amide bonds. The Kier molecular flexibility index (Phi) is 4.72. The van der Waals surface area contributed by atoms with Gasteiger partial charge in [0, 0.05) is 24.0 Å². The summed E-state index contributed by atoms with van der Waals surface area (Å²) in [4.78, 5) is 12.7. The number of hydrogen-bond acceptors (Lipinski definition) is 6. The standard InChI is InChI=1S/C15H16N4O3S/c1-21-12-4-2-3-5-13(12)22-8-14(20)16-7-6-11-9-23-15-18-17-10-19(11)15/h2-5,9-10H,6-8H2,1H3,(H,16,20). The van der Waals surface area contributed by atoms with Crippen LogP contribution in [-0.4, -0.2) is 40.8 Å². The molecule has 8 heteroatoms. The van der Waals surface area contributed by atoms with Crippen molar-refractivity contribution in [3.05, 3.63) is 41.7 Å². The van der Waals surface area contributed by atoms with Gasteiger partial charge in [0.2, 0.25) is 4.96 Å². The zero-order valence-electron chi connectivity index (χ0n) is 12.6. The molecule has 2 heterocycles. The number of amides is 1. The van der Waals surface area contributed by atoms with Gasteiger partial charge < -0.3 is 14.8 Å². The molecule has 0 saturated heterocycles. The Morgan fingerprint density at radius 1 is 1.35 bits per heavy atom. The third kappa shape index (κ3) is 3.59. The summed E-state index contributed by atoms with van der Waals surface area (Å²) in [5, 5.41) is 12.7. The molecule has 0 spiro atoms. The monoisotopic (exact) mass is 332 g/mol. The van der Waals surface area contributed by atoms with Crippen LogP contribution in [-0.2, 0) is 11.2 Å². The van der Waals surface area contributed by atoms with Crippen molar-refractivity contribution in [1.29, 1.82) is 0 Å². The number of benzene rings is 1. The van der Waals surface area contributed by atoms with Crippen LogP contribution in [0.5, 0.6) is 11.5 Å². The first-order valence-electron chi connectivity index (χ1n) is 7.06. The molecule has 0 radical (unpaired) electrons. The van der Waals surface area contributed by atoms with Crippen molar-refractivity contribution in [2.24, 2.45) is 0 Å². The molecule has 23 heavy (non-hydrogen) atoms. The average molecular weight is 332 g/mol. The Balaban J connectivity index is 1.46. The van der Waals surface area contributed by atoms with Gasteiger partial charge in [-0.05, 0) is 12.1 Å². The minimum absolute atomic E-state index is 0.0496. The summed E-state index contributed by atoms with van der Waals surface area (Å²) in [6.07, 6.45) is 2.38. The number of nitrogens with zero attached hydrogens (tertiary/aromatic N) is 3. The number of nitrogens with one attached hydrogen (secondary N) is 1. The van der Waals surface area contributed by atoms with E-state index in [4.69, 9.17) is 9.47 Å². The van der Waals surface area contributed by atoms with Crippen LogP contribution in [0.1, 0.15) is 5.69 Å². The van der Waals surface area contributed by atoms with Crippen LogP contribution >= 0.6 is 11.3 Å². The molecular formula is C15H16N4O3S. The fourth-order valence-electron chi connectivity index (χ4n) is 2.12. The third-order valence-electron chi connectivity index (χ3n) is 3.26. The summed E-state index contributed by atoms with van der Waals surface area (Å²) in [5.74, 6) is 0.980. The highest BCUT2D eigenvalue weighted by Gasteiger charge is 2.08. The molecule has 0 aliphatic rings. The molecular weight excluding hydrogens is 316 g/mol. The zero-order chi connectivity index (χ0) is 16.1. The van der Waals surface area contributed by atoms with Crippen molar-refractivity contribution >= 4 is 22.2 Å². The maximum atomic E-state index is 11.9. The first-order valence-corrected chi connectivity index (χ1v) is 7.94. The number of methoxy groups -OCH3 is 1. The summed E-state index contributed by atoms with van der Waals surface area (Å²) < 4.78 is 12.6. The molecule has 0 bridgehead atoms. The van der Waals surface area contributed by atoms with Gasteiger partial charge in [-0.2, -0.15) is 0 Å². The first kappa shape index (κ1) is 15.3. The third-order valence-corrected chi connectivity index (χ3v) is 4.14. The number of hydrogen-bond donors (Lipinski definition) is 1. The highest BCUT2D eigenvalue weighted by Crippen LogP contribution is 2.25. The number of rotatable bonds is 7. The lowest BCUT2D eigenvalue weighted by atomic mass is 10.3. The summed E-state index contributed by atoms with van der Waals surface area (Å²) in [6.45, 7) is 0.476. The van der Waals surface area contributed by atoms with Crippen LogP contribution in [0.2, 0.25) is 0 Å². The molecule has 0 saturated carbocycles. The van der Waals surface area contributed by atoms with Crippen molar-refractivity contribution in [3.63, 3.8) is 0 Å². The molecule has 0 unspecified atom stereocenters. The van der Waals surface area contributed by atoms with Gasteiger partial charge in [0.05, 0.1) is 7.11 Å². The molecule has 3 rings (SSSR count). The van der Waals surface area contributed by atoms with E-state index < -0.39 is 0 Å². The van der Waals surface area contributed by atoms with Crippen LogP contribution in [0, 0.1) is 0 Å². The van der Waals surface area contributed by atoms with Gasteiger partial charge in [0.25, 0.3) is 5.91 Å². The van der Waals surface area contributed by atoms with Gasteiger partial charge in [-0.15, -0.1) is 21.5 Å². The van der Waals surface area contributed by atoms with Gasteiger partial charge in [0.15, 0.2) is 18.1 Å². The van der Waals surface area contributed by atoms with E-state index in [2.05, 4.69) is 15.5 Å². The van der Waals surface area contributed by atoms with E-state index >= 15 is 0 Å². The molecule has 0 atom stereocenters. The van der Waals surface area contributed by atoms with E-state index in [1.165, 1.54) is 11.3 Å². The van der Waals surface area contributed by atoms with Gasteiger partial charge in [-0.1, -0.05) is 12.1 Å². The highest BCUT2D eigenvalue weighted by molar-refractivity contribution is 7.15. The van der Waals surface area contributed by atoms with E-state index in [9.17, 15) is 4.79 Å². The number of aromatic nitrogens is 3. The topological polar surface area (TPSA) is 77.8 Å². The number of carbonyl (C=O) groups is 1. The van der Waals surface area contributed by atoms with Crippen LogP contribution in [0.25, 0.3) is 4.96 Å². The van der Waals surface area contributed by atoms with E-state index in [1.807, 2.05) is 21.9 Å². The predicted molar refractivity (Wildman–Crippen MR) is 86.1 cm³/mol. The predicted octanol–water partition coefficient (Wildman–Crippen LogP) is 1.54. The molecule has 2 aromatic heterocycles. The van der Waals surface area contributed by atoms with Crippen molar-refractivity contribution in [1.82, 2.24) is 19.9 Å². The van der Waals surface area contributed by atoms with E-state index in [0.29, 0.717) is 24.5 Å². The lowest BCUT2D eigenvalue weighted by Gasteiger charge is -2.10. The number of thiazole rings is 1. The molecule has 0 aliphatic carbocycles. The molecule has 3 aromatic rings. The van der Waals surface area contributed by atoms with Crippen LogP contribution in [0.15, 0.2) is 36.0 Å². The quantitative estimate of drug-likeness (QED) is 0.710. The molecule has 1 aromatic carbocycles. The smallest absolute Gasteiger partial charge is 0.257 e. The van der Waals surface area contributed by atoms with Crippen LogP contribution in [0.4, 0.5) is 0 Å². The molecule has 0 fully saturated rings. The molecule has 7 nitrogen and oxygen atoms in total. The maximum Gasteiger partial charge on any atom is 0.257 e. The SMILES string of the molecule is COc1ccccc1OCC(=O)NCCc1csc2nncn12. The summed E-state index contributed by atoms with van der Waals surface area (Å²) in [5.41, 5.74) is 1.07. The second-order valence-electron chi connectivity index (χ2n) is 4.75. The fourth-order valence-corrected chi connectivity index (χ4v) is 2.97. The fraction of sp³-hybridized carbons (Fsp3) is 0.267. The first-order chi connectivity index (χ1) is 11.3. The Morgan fingerprint density at radius 2 is 2.17 bits per heavy atom. The average Bonchev–Trinajstić information content (AvgIpc) is 3.18. The number of ether oxygens (including phenoxy) is 2. The molecule has 0 aliphatic heterocycles. The number of para-hydroxylation sites is 2. The van der Waals surface area contributed by atoms with Crippen molar-refractivity contribution < 1.29 is 14.3 Å². The Morgan fingerprint density at radius 3 is 3.00 bits per heavy atom. The maximum absolute atomic E-state index is 11.9. The summed E-state index contributed by atoms with van der Waals surface area (Å²) in [6, 6.07) is 7.23. The largest absolute Gasteiger partial charge is 0.493 e. The van der Waals surface area contributed by atoms with Crippen molar-refractivity contribution in [2.75, 3.05) is 20.3 Å². The van der Waals surface area contributed by atoms with E-state index in [0.717, 1.165) is 10.7 Å². The van der Waals surface area contributed by atoms with Crippen LogP contribution in [0.3, 0.4) is 0 Å². The van der Waals surface area contributed by atoms with Gasteiger partial charge in [0.1, 0.15) is 6.33 Å². The number of carbonyl (C=O) groups excluding carboxylic acids is 1. The van der Waals surface area contributed by atoms with Gasteiger partial charge in [-0.25, -0.2) is 0 Å². The highest BCUT2D eigenvalue weighted by atomic mass is 32.1. The second-order valence-corrected chi connectivity index (χ2v) is 5.59. The van der Waals surface area contributed by atoms with Crippen molar-refractivity contribution in [2.45, 2.75) is 6.42 Å². The lowest BCUT2D eigenvalue weighted by Crippen LogP contribution is -2.30. The normalized spacial score (nSPS) is 10.7. The van der Waals surface area contributed by atoms with Gasteiger partial charge in [-0.3, -0.25) is 9.20 Å². The Hall–Kier alpha value is -2.61. The van der Waals surface area contributed by atoms with E-state index in [1.54, 1.807) is 25.6 Å². The zero-order valence-corrected chi connectivity index (χ0v) is 13.4. The summed E-state index contributed by atoms with van der Waals surface area (Å²) in [7, 11) is 1.56. The Bertz CT molecular complexity index is 799. The van der Waals surface area contributed by atoms with E-state index in [-0.39, 0.29) is 12.5 Å². The van der Waals surface area contributed by atoms with Crippen LogP contribution < -0.4 is 14.8 Å². The Labute approximate surface area is 136 Å². The van der Waals surface area contributed by atoms with Crippen molar-refractivity contribution in [3.8, 4) is 11.5 Å². The molecule has 120 valence electrons. The molecule has 1 N–H and O–H groups in total. The lowest BCUT2D eigenvalue weighted by molar-refractivity contribution is -0.123. The minimum Gasteiger partial charge on any atom is -0.493 e. The minimum atomic E-state index is -0.175. The number of fused-ring (bicyclic) bond motifs is 1. The second kappa shape index (κ2) is 7.10.